The lowest BCUT2D eigenvalue weighted by Gasteiger charge is -2.03. The zero-order valence-electron chi connectivity index (χ0n) is 13.5. The van der Waals surface area contributed by atoms with Crippen LogP contribution in [0.5, 0.6) is 5.75 Å². The third-order valence-electron chi connectivity index (χ3n) is 3.36. The molecule has 0 aliphatic heterocycles. The largest absolute Gasteiger partial charge is 0.497 e. The van der Waals surface area contributed by atoms with Gasteiger partial charge in [-0.15, -0.1) is 0 Å². The van der Waals surface area contributed by atoms with E-state index in [9.17, 15) is 4.79 Å². The van der Waals surface area contributed by atoms with Crippen LogP contribution in [0.15, 0.2) is 36.5 Å². The summed E-state index contributed by atoms with van der Waals surface area (Å²) in [5.74, 6) is 0.291. The number of esters is 1. The van der Waals surface area contributed by atoms with Gasteiger partial charge in [0, 0.05) is 6.20 Å². The Balaban J connectivity index is 1.66. The van der Waals surface area contributed by atoms with Crippen LogP contribution in [0.3, 0.4) is 0 Å². The van der Waals surface area contributed by atoms with Crippen molar-refractivity contribution in [2.45, 2.75) is 6.54 Å². The van der Waals surface area contributed by atoms with E-state index in [1.165, 1.54) is 7.11 Å². The lowest BCUT2D eigenvalue weighted by atomic mass is 10.3. The third-order valence-corrected chi connectivity index (χ3v) is 4.74. The lowest BCUT2D eigenvalue weighted by molar-refractivity contribution is 0.0606. The van der Waals surface area contributed by atoms with Crippen molar-refractivity contribution in [2.24, 2.45) is 0 Å². The Bertz CT molecular complexity index is 876. The number of rotatable bonds is 6. The number of halogens is 1. The smallest absolute Gasteiger partial charge is 0.351 e. The van der Waals surface area contributed by atoms with Crippen molar-refractivity contribution in [1.82, 2.24) is 14.8 Å². The van der Waals surface area contributed by atoms with Crippen LogP contribution in [0, 0.1) is 0 Å². The van der Waals surface area contributed by atoms with Crippen molar-refractivity contribution in [3.63, 3.8) is 0 Å². The third kappa shape index (κ3) is 3.92. The summed E-state index contributed by atoms with van der Waals surface area (Å²) in [7, 11) is 2.93. The molecular weight excluding hydrogens is 364 g/mol. The summed E-state index contributed by atoms with van der Waals surface area (Å²) in [5.41, 5.74) is 1.75. The van der Waals surface area contributed by atoms with Gasteiger partial charge in [-0.2, -0.15) is 5.10 Å². The average Bonchev–Trinajstić information content (AvgIpc) is 3.26. The number of hydrogen-bond donors (Lipinski definition) is 1. The highest BCUT2D eigenvalue weighted by molar-refractivity contribution is 7.18. The first-order chi connectivity index (χ1) is 12.1. The zero-order valence-corrected chi connectivity index (χ0v) is 15.1. The second-order valence-corrected chi connectivity index (χ2v) is 6.29. The summed E-state index contributed by atoms with van der Waals surface area (Å²) in [6.45, 7) is 0.452. The van der Waals surface area contributed by atoms with Crippen LogP contribution >= 0.6 is 22.9 Å². The van der Waals surface area contributed by atoms with Gasteiger partial charge in [-0.25, -0.2) is 14.5 Å². The zero-order chi connectivity index (χ0) is 17.8. The Morgan fingerprint density at radius 2 is 2.04 bits per heavy atom. The molecule has 0 spiro atoms. The minimum absolute atomic E-state index is 0.128. The fourth-order valence-electron chi connectivity index (χ4n) is 2.10. The first kappa shape index (κ1) is 17.2. The second-order valence-electron chi connectivity index (χ2n) is 4.93. The first-order valence-electron chi connectivity index (χ1n) is 7.28. The summed E-state index contributed by atoms with van der Waals surface area (Å²) >= 11 is 7.08. The number of nitrogens with zero attached hydrogens (tertiary/aromatic N) is 3. The van der Waals surface area contributed by atoms with E-state index in [4.69, 9.17) is 16.3 Å². The molecule has 0 amide bonds. The molecule has 2 aromatic heterocycles. The molecule has 0 aliphatic rings. The maximum atomic E-state index is 11.5. The molecule has 0 atom stereocenters. The summed E-state index contributed by atoms with van der Waals surface area (Å²) in [6.07, 6.45) is 1.87. The van der Waals surface area contributed by atoms with Crippen molar-refractivity contribution in [3.8, 4) is 11.4 Å². The van der Waals surface area contributed by atoms with Crippen LogP contribution in [-0.2, 0) is 11.3 Å². The molecule has 1 aromatic carbocycles. The molecule has 1 N–H and O–H groups in total. The molecule has 130 valence electrons. The maximum Gasteiger partial charge on any atom is 0.351 e. The Morgan fingerprint density at radius 1 is 1.28 bits per heavy atom. The molecule has 0 unspecified atom stereocenters. The minimum atomic E-state index is -0.501. The molecule has 0 bridgehead atoms. The van der Waals surface area contributed by atoms with Crippen LogP contribution in [0.25, 0.3) is 5.69 Å². The van der Waals surface area contributed by atoms with Crippen molar-refractivity contribution in [2.75, 3.05) is 19.5 Å². The van der Waals surface area contributed by atoms with Crippen molar-refractivity contribution in [3.05, 3.63) is 52.3 Å². The van der Waals surface area contributed by atoms with Crippen LogP contribution in [0.4, 0.5) is 5.13 Å². The monoisotopic (exact) mass is 378 g/mol. The number of ether oxygens (including phenoxy) is 2. The van der Waals surface area contributed by atoms with E-state index in [-0.39, 0.29) is 10.0 Å². The summed E-state index contributed by atoms with van der Waals surface area (Å²) in [5, 5.41) is 8.26. The van der Waals surface area contributed by atoms with Crippen LogP contribution in [-0.4, -0.2) is 35.0 Å². The van der Waals surface area contributed by atoms with Gasteiger partial charge >= 0.3 is 5.97 Å². The van der Waals surface area contributed by atoms with Gasteiger partial charge in [-0.3, -0.25) is 0 Å². The van der Waals surface area contributed by atoms with Gasteiger partial charge in [0.1, 0.15) is 5.75 Å². The van der Waals surface area contributed by atoms with Gasteiger partial charge in [-0.1, -0.05) is 22.9 Å². The second kappa shape index (κ2) is 7.54. The standard InChI is InChI=1S/C16H15ClN4O3S/c1-23-12-5-3-11(4-6-12)21-8-7-10(20-21)9-18-16-19-14(17)13(25-16)15(22)24-2/h3-8H,9H2,1-2H3,(H,18,19). The highest BCUT2D eigenvalue weighted by atomic mass is 35.5. The van der Waals surface area contributed by atoms with Crippen LogP contribution in [0.1, 0.15) is 15.4 Å². The molecule has 0 radical (unpaired) electrons. The predicted molar refractivity (Wildman–Crippen MR) is 95.9 cm³/mol. The van der Waals surface area contributed by atoms with Gasteiger partial charge < -0.3 is 14.8 Å². The Morgan fingerprint density at radius 3 is 2.72 bits per heavy atom. The molecule has 0 aliphatic carbocycles. The normalized spacial score (nSPS) is 10.5. The van der Waals surface area contributed by atoms with E-state index in [1.54, 1.807) is 11.8 Å². The number of nitrogens with one attached hydrogen (secondary N) is 1. The molecule has 0 saturated carbocycles. The van der Waals surface area contributed by atoms with Crippen LogP contribution in [0.2, 0.25) is 5.15 Å². The molecule has 9 heteroatoms. The number of anilines is 1. The van der Waals surface area contributed by atoms with Gasteiger partial charge in [0.15, 0.2) is 15.2 Å². The minimum Gasteiger partial charge on any atom is -0.497 e. The van der Waals surface area contributed by atoms with E-state index >= 15 is 0 Å². The molecule has 0 saturated heterocycles. The summed E-state index contributed by atoms with van der Waals surface area (Å²) < 4.78 is 11.6. The number of benzene rings is 1. The van der Waals surface area contributed by atoms with Crippen molar-refractivity contribution in [1.29, 1.82) is 0 Å². The molecule has 7 nitrogen and oxygen atoms in total. The number of thiazole rings is 1. The number of carbonyl (C=O) groups excluding carboxylic acids is 1. The Labute approximate surface area is 153 Å². The number of carbonyl (C=O) groups is 1. The average molecular weight is 379 g/mol. The highest BCUT2D eigenvalue weighted by Gasteiger charge is 2.17. The maximum absolute atomic E-state index is 11.5. The Kier molecular flexibility index (Phi) is 5.20. The van der Waals surface area contributed by atoms with E-state index in [2.05, 4.69) is 20.1 Å². The first-order valence-corrected chi connectivity index (χ1v) is 8.47. The van der Waals surface area contributed by atoms with E-state index < -0.39 is 5.97 Å². The highest BCUT2D eigenvalue weighted by Crippen LogP contribution is 2.27. The van der Waals surface area contributed by atoms with Gasteiger partial charge in [0.25, 0.3) is 0 Å². The molecule has 3 aromatic rings. The van der Waals surface area contributed by atoms with Gasteiger partial charge in [0.2, 0.25) is 0 Å². The Hall–Kier alpha value is -2.58. The number of methoxy groups -OCH3 is 2. The molecule has 0 fully saturated rings. The molecule has 25 heavy (non-hydrogen) atoms. The summed E-state index contributed by atoms with van der Waals surface area (Å²) in [4.78, 5) is 15.9. The van der Waals surface area contributed by atoms with Crippen molar-refractivity contribution >= 4 is 34.0 Å². The predicted octanol–water partition coefficient (Wildman–Crippen LogP) is 3.39. The molecular formula is C16H15ClN4O3S. The fraction of sp³-hybridized carbons (Fsp3) is 0.188. The van der Waals surface area contributed by atoms with E-state index in [1.807, 2.05) is 36.5 Å². The van der Waals surface area contributed by atoms with Crippen molar-refractivity contribution < 1.29 is 14.3 Å². The summed E-state index contributed by atoms with van der Waals surface area (Å²) in [6, 6.07) is 9.49. The molecule has 3 rings (SSSR count). The van der Waals surface area contributed by atoms with E-state index in [0.29, 0.717) is 11.7 Å². The van der Waals surface area contributed by atoms with Crippen LogP contribution < -0.4 is 10.1 Å². The van der Waals surface area contributed by atoms with E-state index in [0.717, 1.165) is 28.5 Å². The fourth-order valence-corrected chi connectivity index (χ4v) is 3.20. The van der Waals surface area contributed by atoms with Gasteiger partial charge in [0.05, 0.1) is 32.1 Å². The number of aromatic nitrogens is 3. The topological polar surface area (TPSA) is 78.3 Å². The number of hydrogen-bond acceptors (Lipinski definition) is 7. The lowest BCUT2D eigenvalue weighted by Crippen LogP contribution is -2.01. The quantitative estimate of drug-likeness (QED) is 0.662. The SMILES string of the molecule is COC(=O)c1sc(NCc2ccn(-c3ccc(OC)cc3)n2)nc1Cl. The molecule has 2 heterocycles. The van der Waals surface area contributed by atoms with Gasteiger partial charge in [-0.05, 0) is 30.3 Å².